The first-order valence-electron chi connectivity index (χ1n) is 9.54. The van der Waals surface area contributed by atoms with E-state index >= 15 is 0 Å². The van der Waals surface area contributed by atoms with Gasteiger partial charge in [-0.25, -0.2) is 0 Å². The highest BCUT2D eigenvalue weighted by Crippen LogP contribution is 2.41. The Morgan fingerprint density at radius 3 is 1.64 bits per heavy atom. The van der Waals surface area contributed by atoms with Crippen molar-refractivity contribution < 1.29 is 19.8 Å². The van der Waals surface area contributed by atoms with Crippen LogP contribution in [0.25, 0.3) is 0 Å². The summed E-state index contributed by atoms with van der Waals surface area (Å²) < 4.78 is 0. The van der Waals surface area contributed by atoms with Crippen molar-refractivity contribution in [1.29, 1.82) is 0 Å². The van der Waals surface area contributed by atoms with E-state index in [0.29, 0.717) is 25.7 Å². The van der Waals surface area contributed by atoms with Gasteiger partial charge < -0.3 is 20.8 Å². The van der Waals surface area contributed by atoms with Gasteiger partial charge in [-0.3, -0.25) is 9.59 Å². The van der Waals surface area contributed by atoms with E-state index in [2.05, 4.69) is 0 Å². The largest absolute Gasteiger partial charge is 0.394 e. The summed E-state index contributed by atoms with van der Waals surface area (Å²) in [5.74, 6) is -0.336. The van der Waals surface area contributed by atoms with E-state index in [9.17, 15) is 19.8 Å². The van der Waals surface area contributed by atoms with Gasteiger partial charge in [0.2, 0.25) is 11.8 Å². The molecular weight excluding hydrogens is 320 g/mol. The molecule has 4 N–H and O–H groups in total. The molecule has 2 amide bonds. The van der Waals surface area contributed by atoms with Crippen molar-refractivity contribution in [3.8, 4) is 0 Å². The summed E-state index contributed by atoms with van der Waals surface area (Å²) in [7, 11) is 0. The molecule has 1 fully saturated rings. The number of rotatable bonds is 10. The third-order valence-corrected chi connectivity index (χ3v) is 5.27. The fourth-order valence-electron chi connectivity index (χ4n) is 4.06. The van der Waals surface area contributed by atoms with Crippen molar-refractivity contribution in [2.75, 3.05) is 13.2 Å². The fourth-order valence-corrected chi connectivity index (χ4v) is 4.06. The van der Waals surface area contributed by atoms with Crippen molar-refractivity contribution in [2.24, 2.45) is 23.0 Å². The highest BCUT2D eigenvalue weighted by Gasteiger charge is 2.51. The second-order valence-electron chi connectivity index (χ2n) is 8.30. The number of nitrogens with zero attached hydrogens (tertiary/aromatic N) is 1. The third-order valence-electron chi connectivity index (χ3n) is 5.27. The lowest BCUT2D eigenvalue weighted by Gasteiger charge is -2.42. The Balaban J connectivity index is 3.27. The third kappa shape index (κ3) is 5.17. The normalized spacial score (nSPS) is 19.2. The number of nitrogens with two attached hydrogens (primary N) is 1. The van der Waals surface area contributed by atoms with Crippen molar-refractivity contribution >= 4 is 11.8 Å². The summed E-state index contributed by atoms with van der Waals surface area (Å²) in [4.78, 5) is 27.3. The van der Waals surface area contributed by atoms with E-state index in [1.165, 1.54) is 0 Å². The van der Waals surface area contributed by atoms with E-state index in [1.807, 2.05) is 27.7 Å². The van der Waals surface area contributed by atoms with Crippen LogP contribution in [-0.4, -0.2) is 52.2 Å². The molecule has 0 heterocycles. The molecule has 2 atom stereocenters. The van der Waals surface area contributed by atoms with Gasteiger partial charge in [-0.15, -0.1) is 0 Å². The van der Waals surface area contributed by atoms with Crippen LogP contribution in [0.15, 0.2) is 0 Å². The topological polar surface area (TPSA) is 104 Å². The zero-order valence-corrected chi connectivity index (χ0v) is 16.2. The maximum Gasteiger partial charge on any atom is 0.238 e. The Morgan fingerprint density at radius 2 is 1.36 bits per heavy atom. The Hall–Kier alpha value is -1.14. The summed E-state index contributed by atoms with van der Waals surface area (Å²) >= 11 is 0. The fraction of sp³-hybridized carbons (Fsp3) is 0.895. The van der Waals surface area contributed by atoms with Gasteiger partial charge in [0.25, 0.3) is 0 Å². The SMILES string of the molecule is CC(C)C[C@H](CO)N(C(=O)C1(C(N)=O)CCCC1)[C@@H](CO)CC(C)C. The highest BCUT2D eigenvalue weighted by atomic mass is 16.3. The van der Waals surface area contributed by atoms with Crippen LogP contribution in [0.2, 0.25) is 0 Å². The first-order valence-corrected chi connectivity index (χ1v) is 9.54. The van der Waals surface area contributed by atoms with Gasteiger partial charge in [-0.1, -0.05) is 40.5 Å². The number of aliphatic hydroxyl groups excluding tert-OH is 2. The standard InChI is InChI=1S/C19H36N2O4/c1-13(2)9-15(11-22)21(16(12-23)10-14(3)4)18(25)19(17(20)24)7-5-6-8-19/h13-16,22-23H,5-12H2,1-4H3,(H2,20,24)/t15-,16-/m1/s1. The van der Waals surface area contributed by atoms with Crippen molar-refractivity contribution in [3.05, 3.63) is 0 Å². The number of primary amides is 1. The average molecular weight is 357 g/mol. The van der Waals surface area contributed by atoms with Crippen molar-refractivity contribution in [2.45, 2.75) is 78.3 Å². The summed E-state index contributed by atoms with van der Waals surface area (Å²) in [6.07, 6.45) is 3.74. The molecule has 1 rings (SSSR count). The van der Waals surface area contributed by atoms with Crippen molar-refractivity contribution in [1.82, 2.24) is 4.90 Å². The number of amides is 2. The summed E-state index contributed by atoms with van der Waals surface area (Å²) in [6.45, 7) is 7.74. The molecule has 0 bridgehead atoms. The van der Waals surface area contributed by atoms with E-state index in [4.69, 9.17) is 5.73 Å². The molecule has 25 heavy (non-hydrogen) atoms. The molecule has 146 valence electrons. The second-order valence-corrected chi connectivity index (χ2v) is 8.30. The van der Waals surface area contributed by atoms with Crippen LogP contribution in [0.1, 0.15) is 66.2 Å². The Bertz CT molecular complexity index is 427. The number of carbonyl (C=O) groups excluding carboxylic acids is 2. The predicted molar refractivity (Wildman–Crippen MR) is 97.6 cm³/mol. The molecule has 0 aromatic carbocycles. The molecular formula is C19H36N2O4. The Kier molecular flexibility index (Phi) is 8.35. The average Bonchev–Trinajstić information content (AvgIpc) is 3.03. The highest BCUT2D eigenvalue weighted by molar-refractivity contribution is 6.04. The lowest BCUT2D eigenvalue weighted by molar-refractivity contribution is -0.156. The van der Waals surface area contributed by atoms with Crippen LogP contribution >= 0.6 is 0 Å². The second kappa shape index (κ2) is 9.53. The van der Waals surface area contributed by atoms with Crippen molar-refractivity contribution in [3.63, 3.8) is 0 Å². The molecule has 1 aliphatic carbocycles. The molecule has 1 aliphatic rings. The molecule has 0 aromatic rings. The molecule has 0 aliphatic heterocycles. The molecule has 1 saturated carbocycles. The van der Waals surface area contributed by atoms with E-state index in [0.717, 1.165) is 12.8 Å². The zero-order valence-electron chi connectivity index (χ0n) is 16.2. The van der Waals surface area contributed by atoms with Crippen LogP contribution in [0, 0.1) is 17.3 Å². The van der Waals surface area contributed by atoms with Crippen LogP contribution in [0.4, 0.5) is 0 Å². The van der Waals surface area contributed by atoms with Gasteiger partial charge in [0.15, 0.2) is 0 Å². The number of hydrogen-bond donors (Lipinski definition) is 3. The molecule has 6 nitrogen and oxygen atoms in total. The van der Waals surface area contributed by atoms with Gasteiger partial charge >= 0.3 is 0 Å². The first kappa shape index (κ1) is 21.9. The van der Waals surface area contributed by atoms with Crippen LogP contribution < -0.4 is 5.73 Å². The quantitative estimate of drug-likeness (QED) is 0.518. The predicted octanol–water partition coefficient (Wildman–Crippen LogP) is 1.67. The van der Waals surface area contributed by atoms with Crippen LogP contribution in [0.5, 0.6) is 0 Å². The Labute approximate surface area is 151 Å². The molecule has 0 spiro atoms. The molecule has 0 aromatic heterocycles. The zero-order chi connectivity index (χ0) is 19.2. The first-order chi connectivity index (χ1) is 11.7. The lowest BCUT2D eigenvalue weighted by atomic mass is 9.82. The Morgan fingerprint density at radius 1 is 0.960 bits per heavy atom. The van der Waals surface area contributed by atoms with Gasteiger partial charge in [-0.2, -0.15) is 0 Å². The summed E-state index contributed by atoms with van der Waals surface area (Å²) in [5, 5.41) is 19.9. The minimum Gasteiger partial charge on any atom is -0.394 e. The smallest absolute Gasteiger partial charge is 0.238 e. The van der Waals surface area contributed by atoms with Crippen LogP contribution in [-0.2, 0) is 9.59 Å². The minimum absolute atomic E-state index is 0.187. The van der Waals surface area contributed by atoms with E-state index in [1.54, 1.807) is 4.90 Å². The maximum absolute atomic E-state index is 13.5. The molecule has 0 unspecified atom stereocenters. The summed E-state index contributed by atoms with van der Waals surface area (Å²) in [6, 6.07) is -0.833. The van der Waals surface area contributed by atoms with Gasteiger partial charge in [0, 0.05) is 0 Å². The lowest BCUT2D eigenvalue weighted by Crippen LogP contribution is -2.58. The number of hydrogen-bond acceptors (Lipinski definition) is 4. The van der Waals surface area contributed by atoms with Gasteiger partial charge in [0.05, 0.1) is 25.3 Å². The molecule has 0 saturated heterocycles. The van der Waals surface area contributed by atoms with Crippen LogP contribution in [0.3, 0.4) is 0 Å². The minimum atomic E-state index is -1.19. The van der Waals surface area contributed by atoms with Gasteiger partial charge in [0.1, 0.15) is 5.41 Å². The monoisotopic (exact) mass is 356 g/mol. The number of aliphatic hydroxyl groups is 2. The van der Waals surface area contributed by atoms with E-state index in [-0.39, 0.29) is 31.0 Å². The molecule has 0 radical (unpaired) electrons. The van der Waals surface area contributed by atoms with E-state index < -0.39 is 23.4 Å². The maximum atomic E-state index is 13.5. The molecule has 6 heteroatoms. The number of carbonyl (C=O) groups is 2. The summed E-state index contributed by atoms with van der Waals surface area (Å²) in [5.41, 5.74) is 4.46. The van der Waals surface area contributed by atoms with Gasteiger partial charge in [-0.05, 0) is 37.5 Å².